The molecule has 0 aliphatic rings. The molecule has 0 aliphatic carbocycles. The van der Waals surface area contributed by atoms with Crippen molar-refractivity contribution in [1.29, 1.82) is 0 Å². The highest BCUT2D eigenvalue weighted by atomic mass is 32.1. The Hall–Kier alpha value is 0.780. The lowest BCUT2D eigenvalue weighted by molar-refractivity contribution is 0.838. The molecule has 0 aliphatic heterocycles. The highest BCUT2D eigenvalue weighted by Gasteiger charge is 2.28. The SMILES string of the molecule is CCCC[P+](C)(CCCC)CCCC.[SH-]. The Morgan fingerprint density at radius 1 is 0.667 bits per heavy atom. The topological polar surface area (TPSA) is 0 Å². The lowest BCUT2D eigenvalue weighted by Crippen LogP contribution is -2.07. The zero-order chi connectivity index (χ0) is 10.9. The number of rotatable bonds is 9. The summed E-state index contributed by atoms with van der Waals surface area (Å²) in [6, 6.07) is 0. The number of thiol groups is 1. The van der Waals surface area contributed by atoms with E-state index in [1.807, 2.05) is 0 Å². The predicted octanol–water partition coefficient (Wildman–Crippen LogP) is 4.76. The van der Waals surface area contributed by atoms with E-state index in [1.165, 1.54) is 38.5 Å². The van der Waals surface area contributed by atoms with Crippen molar-refractivity contribution >= 4 is 20.8 Å². The van der Waals surface area contributed by atoms with Crippen molar-refractivity contribution in [2.24, 2.45) is 0 Å². The third kappa shape index (κ3) is 9.69. The molecule has 0 amide bonds. The second-order valence-electron chi connectivity index (χ2n) is 4.85. The average molecular weight is 250 g/mol. The van der Waals surface area contributed by atoms with Crippen LogP contribution in [0, 0.1) is 0 Å². The van der Waals surface area contributed by atoms with Gasteiger partial charge in [0.15, 0.2) is 0 Å². The van der Waals surface area contributed by atoms with E-state index in [9.17, 15) is 0 Å². The van der Waals surface area contributed by atoms with Crippen LogP contribution >= 0.6 is 7.26 Å². The molecular formula is C13H31PS. The first-order chi connectivity index (χ1) is 6.68. The van der Waals surface area contributed by atoms with Crippen molar-refractivity contribution in [3.63, 3.8) is 0 Å². The van der Waals surface area contributed by atoms with Crippen molar-refractivity contribution < 1.29 is 0 Å². The molecule has 0 fully saturated rings. The van der Waals surface area contributed by atoms with Gasteiger partial charge in [0, 0.05) is 13.9 Å². The summed E-state index contributed by atoms with van der Waals surface area (Å²) in [7, 11) is -0.519. The zero-order valence-corrected chi connectivity index (χ0v) is 13.0. The van der Waals surface area contributed by atoms with E-state index in [0.717, 1.165) is 0 Å². The van der Waals surface area contributed by atoms with Crippen molar-refractivity contribution in [1.82, 2.24) is 0 Å². The van der Waals surface area contributed by atoms with Gasteiger partial charge in [0.1, 0.15) is 0 Å². The van der Waals surface area contributed by atoms with E-state index in [4.69, 9.17) is 0 Å². The van der Waals surface area contributed by atoms with Crippen molar-refractivity contribution in [2.45, 2.75) is 59.3 Å². The molecule has 0 spiro atoms. The van der Waals surface area contributed by atoms with Crippen LogP contribution < -0.4 is 0 Å². The second kappa shape index (κ2) is 11.3. The van der Waals surface area contributed by atoms with Gasteiger partial charge in [0.25, 0.3) is 0 Å². The van der Waals surface area contributed by atoms with Gasteiger partial charge in [-0.25, -0.2) is 0 Å². The van der Waals surface area contributed by atoms with Gasteiger partial charge >= 0.3 is 0 Å². The maximum absolute atomic E-state index is 2.62. The first-order valence-corrected chi connectivity index (χ1v) is 9.31. The first kappa shape index (κ1) is 18.2. The standard InChI is InChI=1S/C13H30P.H2S/c1-5-8-11-14(4,12-9-6-2)13-10-7-3;/h5-13H2,1-4H3;1H2/q+1;/p-1. The minimum absolute atomic E-state index is 0. The Kier molecular flexibility index (Phi) is 13.6. The molecule has 15 heavy (non-hydrogen) atoms. The van der Waals surface area contributed by atoms with Crippen LogP contribution in [0.5, 0.6) is 0 Å². The summed E-state index contributed by atoms with van der Waals surface area (Å²) in [6.45, 7) is 9.59. The molecule has 0 bridgehead atoms. The van der Waals surface area contributed by atoms with Crippen LogP contribution in [0.4, 0.5) is 0 Å². The highest BCUT2D eigenvalue weighted by molar-refractivity contribution is 7.75. The fourth-order valence-electron chi connectivity index (χ4n) is 1.95. The lowest BCUT2D eigenvalue weighted by atomic mass is 10.4. The van der Waals surface area contributed by atoms with Gasteiger partial charge in [-0.3, -0.25) is 0 Å². The van der Waals surface area contributed by atoms with E-state index in [-0.39, 0.29) is 13.5 Å². The lowest BCUT2D eigenvalue weighted by Gasteiger charge is -2.22. The summed E-state index contributed by atoms with van der Waals surface area (Å²) in [6.07, 6.45) is 13.2. The molecule has 0 atom stereocenters. The fourth-order valence-corrected chi connectivity index (χ4v) is 5.86. The molecule has 0 aromatic heterocycles. The quantitative estimate of drug-likeness (QED) is 0.323. The number of hydrogen-bond donors (Lipinski definition) is 0. The van der Waals surface area contributed by atoms with Crippen molar-refractivity contribution in [3.05, 3.63) is 0 Å². The monoisotopic (exact) mass is 250 g/mol. The Morgan fingerprint density at radius 3 is 1.13 bits per heavy atom. The Balaban J connectivity index is 0. The summed E-state index contributed by atoms with van der Waals surface area (Å²) in [4.78, 5) is 0. The highest BCUT2D eigenvalue weighted by Crippen LogP contribution is 2.57. The molecule has 0 rings (SSSR count). The van der Waals surface area contributed by atoms with E-state index in [0.29, 0.717) is 0 Å². The largest absolute Gasteiger partial charge is 0.813 e. The van der Waals surface area contributed by atoms with Gasteiger partial charge in [-0.05, 0) is 19.3 Å². The smallest absolute Gasteiger partial charge is 0.0591 e. The van der Waals surface area contributed by atoms with Gasteiger partial charge < -0.3 is 13.5 Å². The van der Waals surface area contributed by atoms with Gasteiger partial charge in [-0.2, -0.15) is 0 Å². The van der Waals surface area contributed by atoms with Crippen LogP contribution in [0.25, 0.3) is 0 Å². The molecule has 0 nitrogen and oxygen atoms in total. The number of hydrogen-bond acceptors (Lipinski definition) is 1. The molecule has 94 valence electrons. The van der Waals surface area contributed by atoms with Crippen molar-refractivity contribution in [2.75, 3.05) is 25.2 Å². The predicted molar refractivity (Wildman–Crippen MR) is 80.9 cm³/mol. The normalized spacial score (nSPS) is 11.2. The molecule has 0 radical (unpaired) electrons. The third-order valence-corrected chi connectivity index (χ3v) is 7.34. The minimum Gasteiger partial charge on any atom is -0.813 e. The Bertz CT molecular complexity index is 104. The van der Waals surface area contributed by atoms with E-state index < -0.39 is 7.26 Å². The molecule has 2 heteroatoms. The van der Waals surface area contributed by atoms with E-state index in [2.05, 4.69) is 27.4 Å². The molecule has 0 aromatic carbocycles. The average Bonchev–Trinajstić information content (AvgIpc) is 2.21. The molecular weight excluding hydrogens is 219 g/mol. The van der Waals surface area contributed by atoms with Crippen LogP contribution in [0.15, 0.2) is 0 Å². The van der Waals surface area contributed by atoms with Gasteiger partial charge in [-0.15, -0.1) is 0 Å². The summed E-state index contributed by atoms with van der Waals surface area (Å²) in [5, 5.41) is 0. The molecule has 0 heterocycles. The fraction of sp³-hybridized carbons (Fsp3) is 1.00. The molecule has 0 aromatic rings. The Labute approximate surface area is 105 Å². The minimum atomic E-state index is -0.519. The van der Waals surface area contributed by atoms with Crippen LogP contribution in [-0.4, -0.2) is 25.2 Å². The molecule has 0 N–H and O–H groups in total. The molecule has 0 unspecified atom stereocenters. The second-order valence-corrected chi connectivity index (χ2v) is 9.43. The van der Waals surface area contributed by atoms with E-state index >= 15 is 0 Å². The van der Waals surface area contributed by atoms with Crippen LogP contribution in [0.3, 0.4) is 0 Å². The van der Waals surface area contributed by atoms with E-state index in [1.54, 1.807) is 18.5 Å². The van der Waals surface area contributed by atoms with Gasteiger partial charge in [0.05, 0.1) is 18.5 Å². The maximum atomic E-state index is 2.62. The van der Waals surface area contributed by atoms with Crippen LogP contribution in [0.1, 0.15) is 59.3 Å². The zero-order valence-electron chi connectivity index (χ0n) is 11.3. The number of unbranched alkanes of at least 4 members (excludes halogenated alkanes) is 3. The van der Waals surface area contributed by atoms with Gasteiger partial charge in [-0.1, -0.05) is 40.0 Å². The summed E-state index contributed by atoms with van der Waals surface area (Å²) >= 11 is 0. The van der Waals surface area contributed by atoms with Gasteiger partial charge in [0.2, 0.25) is 0 Å². The summed E-state index contributed by atoms with van der Waals surface area (Å²) in [5.74, 6) is 0. The van der Waals surface area contributed by atoms with Crippen LogP contribution in [0.2, 0.25) is 0 Å². The van der Waals surface area contributed by atoms with Crippen LogP contribution in [-0.2, 0) is 13.5 Å². The van der Waals surface area contributed by atoms with Crippen molar-refractivity contribution in [3.8, 4) is 0 Å². The third-order valence-electron chi connectivity index (χ3n) is 3.15. The first-order valence-electron chi connectivity index (χ1n) is 6.52. The Morgan fingerprint density at radius 2 is 0.933 bits per heavy atom. The molecule has 0 saturated carbocycles. The summed E-state index contributed by atoms with van der Waals surface area (Å²) < 4.78 is 0. The summed E-state index contributed by atoms with van der Waals surface area (Å²) in [5.41, 5.74) is 0. The molecule has 0 saturated heterocycles. The maximum Gasteiger partial charge on any atom is 0.0591 e.